The maximum Gasteiger partial charge on any atom is 0.272 e. The van der Waals surface area contributed by atoms with Gasteiger partial charge < -0.3 is 14.5 Å². The van der Waals surface area contributed by atoms with Crippen molar-refractivity contribution in [3.63, 3.8) is 0 Å². The highest BCUT2D eigenvalue weighted by atomic mass is 16.2. The van der Waals surface area contributed by atoms with E-state index < -0.39 is 0 Å². The molecular weight excluding hydrogens is 340 g/mol. The second-order valence-corrected chi connectivity index (χ2v) is 6.62. The van der Waals surface area contributed by atoms with Crippen LogP contribution in [-0.2, 0) is 13.1 Å². The number of benzene rings is 1. The lowest BCUT2D eigenvalue weighted by molar-refractivity contribution is 0.0926. The first kappa shape index (κ1) is 17.1. The van der Waals surface area contributed by atoms with Crippen LogP contribution in [0.25, 0.3) is 10.9 Å². The van der Waals surface area contributed by atoms with E-state index in [2.05, 4.69) is 50.2 Å². The molecule has 27 heavy (non-hydrogen) atoms. The second-order valence-electron chi connectivity index (χ2n) is 6.62. The van der Waals surface area contributed by atoms with Gasteiger partial charge in [-0.25, -0.2) is 4.98 Å². The summed E-state index contributed by atoms with van der Waals surface area (Å²) in [5.74, 6) is -0.165. The van der Waals surface area contributed by atoms with Gasteiger partial charge in [0.15, 0.2) is 0 Å². The Labute approximate surface area is 157 Å². The Hall–Kier alpha value is -3.35. The van der Waals surface area contributed by atoms with Crippen LogP contribution in [0.15, 0.2) is 61.3 Å². The van der Waals surface area contributed by atoms with Crippen molar-refractivity contribution in [2.75, 3.05) is 0 Å². The van der Waals surface area contributed by atoms with Crippen LogP contribution in [0.4, 0.5) is 0 Å². The number of nitrogens with zero attached hydrogens (tertiary/aromatic N) is 4. The van der Waals surface area contributed by atoms with Gasteiger partial charge in [-0.15, -0.1) is 0 Å². The van der Waals surface area contributed by atoms with Crippen LogP contribution in [0, 0.1) is 0 Å². The zero-order valence-corrected chi connectivity index (χ0v) is 15.2. The van der Waals surface area contributed by atoms with Crippen LogP contribution in [0.5, 0.6) is 0 Å². The molecule has 1 atom stereocenters. The Morgan fingerprint density at radius 2 is 2.15 bits per heavy atom. The maximum atomic E-state index is 12.5. The zero-order valence-electron chi connectivity index (χ0n) is 15.2. The average Bonchev–Trinajstić information content (AvgIpc) is 3.43. The maximum absolute atomic E-state index is 12.5. The molecule has 1 amide bonds. The Balaban J connectivity index is 1.43. The number of para-hydroxylation sites is 1. The molecule has 0 aliphatic carbocycles. The average molecular weight is 362 g/mol. The molecule has 0 radical (unpaired) electrons. The van der Waals surface area contributed by atoms with Crippen molar-refractivity contribution >= 4 is 16.8 Å². The number of hydrogen-bond acceptors (Lipinski definition) is 3. The fourth-order valence-electron chi connectivity index (χ4n) is 3.21. The van der Waals surface area contributed by atoms with Gasteiger partial charge in [0.2, 0.25) is 0 Å². The fourth-order valence-corrected chi connectivity index (χ4v) is 3.21. The van der Waals surface area contributed by atoms with E-state index in [4.69, 9.17) is 0 Å². The first-order valence-electron chi connectivity index (χ1n) is 9.07. The van der Waals surface area contributed by atoms with Gasteiger partial charge in [-0.05, 0) is 30.0 Å². The summed E-state index contributed by atoms with van der Waals surface area (Å²) in [6, 6.07) is 12.1. The molecule has 2 N–H and O–H groups in total. The molecule has 4 rings (SSSR count). The molecule has 7 nitrogen and oxygen atoms in total. The molecule has 138 valence electrons. The number of aromatic nitrogens is 5. The van der Waals surface area contributed by atoms with E-state index in [1.807, 2.05) is 35.2 Å². The predicted molar refractivity (Wildman–Crippen MR) is 103 cm³/mol. The quantitative estimate of drug-likeness (QED) is 0.530. The van der Waals surface area contributed by atoms with Crippen LogP contribution in [0.3, 0.4) is 0 Å². The minimum atomic E-state index is -0.165. The molecule has 0 bridgehead atoms. The molecule has 0 saturated heterocycles. The van der Waals surface area contributed by atoms with Gasteiger partial charge in [0.1, 0.15) is 5.69 Å². The highest BCUT2D eigenvalue weighted by Crippen LogP contribution is 2.16. The zero-order chi connectivity index (χ0) is 18.6. The van der Waals surface area contributed by atoms with Crippen LogP contribution in [0.2, 0.25) is 0 Å². The lowest BCUT2D eigenvalue weighted by atomic mass is 10.2. The summed E-state index contributed by atoms with van der Waals surface area (Å²) in [5.41, 5.74) is 2.46. The van der Waals surface area contributed by atoms with Crippen molar-refractivity contribution in [1.82, 2.24) is 29.6 Å². The highest BCUT2D eigenvalue weighted by Gasteiger charge is 2.16. The SMILES string of the molecule is CCC(Cn1ccnc1)NC(=O)c1cc(Cn2ccc3ccccc32)[nH]n1. The minimum absolute atomic E-state index is 0.0280. The Bertz CT molecular complexity index is 1030. The molecule has 7 heteroatoms. The number of hydrogen-bond donors (Lipinski definition) is 2. The van der Waals surface area contributed by atoms with Crippen molar-refractivity contribution in [2.45, 2.75) is 32.5 Å². The summed E-state index contributed by atoms with van der Waals surface area (Å²) in [6.45, 7) is 3.38. The molecule has 1 aromatic carbocycles. The molecule has 0 aliphatic rings. The topological polar surface area (TPSA) is 80.5 Å². The summed E-state index contributed by atoms with van der Waals surface area (Å²) in [6.07, 6.45) is 8.26. The first-order valence-corrected chi connectivity index (χ1v) is 9.07. The molecule has 0 spiro atoms. The second kappa shape index (κ2) is 7.49. The summed E-state index contributed by atoms with van der Waals surface area (Å²) in [5, 5.41) is 11.4. The number of amides is 1. The summed E-state index contributed by atoms with van der Waals surface area (Å²) in [4.78, 5) is 16.6. The van der Waals surface area contributed by atoms with E-state index in [-0.39, 0.29) is 11.9 Å². The molecular formula is C20H22N6O. The lowest BCUT2D eigenvalue weighted by Crippen LogP contribution is -2.37. The van der Waals surface area contributed by atoms with E-state index >= 15 is 0 Å². The molecule has 3 heterocycles. The van der Waals surface area contributed by atoms with E-state index in [9.17, 15) is 4.79 Å². The molecule has 1 unspecified atom stereocenters. The first-order chi connectivity index (χ1) is 13.2. The van der Waals surface area contributed by atoms with E-state index in [1.54, 1.807) is 12.5 Å². The lowest BCUT2D eigenvalue weighted by Gasteiger charge is -2.16. The van der Waals surface area contributed by atoms with E-state index in [0.717, 1.165) is 17.6 Å². The molecule has 0 aliphatic heterocycles. The number of rotatable bonds is 7. The molecule has 3 aromatic heterocycles. The number of fused-ring (bicyclic) bond motifs is 1. The number of imidazole rings is 1. The van der Waals surface area contributed by atoms with Crippen molar-refractivity contribution in [3.8, 4) is 0 Å². The Kier molecular flexibility index (Phi) is 4.74. The molecule has 0 fully saturated rings. The summed E-state index contributed by atoms with van der Waals surface area (Å²) < 4.78 is 4.10. The number of aromatic amines is 1. The number of carbonyl (C=O) groups excluding carboxylic acids is 1. The van der Waals surface area contributed by atoms with Gasteiger partial charge in [0.05, 0.1) is 18.6 Å². The molecule has 0 saturated carbocycles. The predicted octanol–water partition coefficient (Wildman–Crippen LogP) is 2.82. The van der Waals surface area contributed by atoms with Gasteiger partial charge in [-0.3, -0.25) is 9.89 Å². The van der Waals surface area contributed by atoms with Crippen molar-refractivity contribution in [1.29, 1.82) is 0 Å². The third-order valence-corrected chi connectivity index (χ3v) is 4.70. The molecule has 4 aromatic rings. The standard InChI is InChI=1S/C20H22N6O/c1-2-16(12-25-10-8-21-14-25)22-20(27)18-11-17(23-24-18)13-26-9-7-15-5-3-4-6-19(15)26/h3-11,14,16H,2,12-13H2,1H3,(H,22,27)(H,23,24). The van der Waals surface area contributed by atoms with Crippen molar-refractivity contribution < 1.29 is 4.79 Å². The largest absolute Gasteiger partial charge is 0.346 e. The highest BCUT2D eigenvalue weighted by molar-refractivity contribution is 5.92. The van der Waals surface area contributed by atoms with Gasteiger partial charge in [-0.1, -0.05) is 25.1 Å². The summed E-state index contributed by atoms with van der Waals surface area (Å²) >= 11 is 0. The van der Waals surface area contributed by atoms with E-state index in [1.165, 1.54) is 5.39 Å². The van der Waals surface area contributed by atoms with Crippen LogP contribution >= 0.6 is 0 Å². The third-order valence-electron chi connectivity index (χ3n) is 4.70. The number of H-pyrrole nitrogens is 1. The van der Waals surface area contributed by atoms with Crippen molar-refractivity contribution in [2.24, 2.45) is 0 Å². The number of nitrogens with one attached hydrogen (secondary N) is 2. The number of carbonyl (C=O) groups is 1. The van der Waals surface area contributed by atoms with Gasteiger partial charge >= 0.3 is 0 Å². The van der Waals surface area contributed by atoms with Gasteiger partial charge in [0, 0.05) is 36.7 Å². The Morgan fingerprint density at radius 1 is 1.26 bits per heavy atom. The van der Waals surface area contributed by atoms with Crippen LogP contribution in [-0.4, -0.2) is 36.3 Å². The van der Waals surface area contributed by atoms with Gasteiger partial charge in [-0.2, -0.15) is 5.10 Å². The van der Waals surface area contributed by atoms with Crippen LogP contribution in [0.1, 0.15) is 29.5 Å². The van der Waals surface area contributed by atoms with Crippen molar-refractivity contribution in [3.05, 3.63) is 72.7 Å². The fraction of sp³-hybridized carbons (Fsp3) is 0.250. The van der Waals surface area contributed by atoms with E-state index in [0.29, 0.717) is 18.8 Å². The smallest absolute Gasteiger partial charge is 0.272 e. The summed E-state index contributed by atoms with van der Waals surface area (Å²) in [7, 11) is 0. The van der Waals surface area contributed by atoms with Crippen LogP contribution < -0.4 is 5.32 Å². The normalized spacial score (nSPS) is 12.3. The third kappa shape index (κ3) is 3.76. The minimum Gasteiger partial charge on any atom is -0.346 e. The van der Waals surface area contributed by atoms with Gasteiger partial charge in [0.25, 0.3) is 5.91 Å². The monoisotopic (exact) mass is 362 g/mol. The Morgan fingerprint density at radius 3 is 2.96 bits per heavy atom.